The summed E-state index contributed by atoms with van der Waals surface area (Å²) in [5.41, 5.74) is 1.90. The molecule has 0 saturated carbocycles. The Balaban J connectivity index is 1.44. The second-order valence-electron chi connectivity index (χ2n) is 6.20. The molecule has 0 saturated heterocycles. The minimum atomic E-state index is -0.192. The molecule has 3 N–H and O–H groups in total. The second-order valence-corrected chi connectivity index (χ2v) is 6.61. The van der Waals surface area contributed by atoms with Crippen LogP contribution in [0.4, 0.5) is 17.5 Å². The molecule has 3 rings (SSSR count). The molecular weight excluding hydrogens is 388 g/mol. The Kier molecular flexibility index (Phi) is 7.13. The summed E-state index contributed by atoms with van der Waals surface area (Å²) in [4.78, 5) is 24.5. The number of nitrogens with zero attached hydrogens (tertiary/aromatic N) is 3. The number of aromatic nitrogens is 3. The highest BCUT2D eigenvalue weighted by Crippen LogP contribution is 2.16. The Labute approximate surface area is 174 Å². The highest BCUT2D eigenvalue weighted by molar-refractivity contribution is 6.32. The fraction of sp³-hybridized carbons (Fsp3) is 0.143. The number of nitrogens with one attached hydrogen (secondary N) is 3. The number of amides is 1. The van der Waals surface area contributed by atoms with Crippen molar-refractivity contribution in [3.8, 4) is 0 Å². The summed E-state index contributed by atoms with van der Waals surface area (Å²) >= 11 is 6.06. The number of hydrogen-bond acceptors (Lipinski definition) is 6. The van der Waals surface area contributed by atoms with Gasteiger partial charge in [0.2, 0.25) is 5.91 Å². The molecule has 0 bridgehead atoms. The Hall–Kier alpha value is -3.45. The van der Waals surface area contributed by atoms with Gasteiger partial charge in [-0.25, -0.2) is 15.0 Å². The maximum absolute atomic E-state index is 11.9. The maximum Gasteiger partial charge on any atom is 0.244 e. The van der Waals surface area contributed by atoms with Crippen LogP contribution in [0.15, 0.2) is 61.1 Å². The first kappa shape index (κ1) is 20.3. The van der Waals surface area contributed by atoms with Crippen molar-refractivity contribution in [3.05, 3.63) is 77.2 Å². The van der Waals surface area contributed by atoms with Crippen molar-refractivity contribution in [3.63, 3.8) is 0 Å². The summed E-state index contributed by atoms with van der Waals surface area (Å²) in [7, 11) is 0. The SMILES string of the molecule is Cc1ccnc(Nc2cc(NCCNC(=O)/C=C/c3ccccc3Cl)ncn2)c1. The third-order valence-corrected chi connectivity index (χ3v) is 4.23. The van der Waals surface area contributed by atoms with Crippen LogP contribution in [0.1, 0.15) is 11.1 Å². The first-order valence-electron chi connectivity index (χ1n) is 9.06. The number of hydrogen-bond donors (Lipinski definition) is 3. The Morgan fingerprint density at radius 2 is 1.83 bits per heavy atom. The van der Waals surface area contributed by atoms with Crippen LogP contribution in [0.5, 0.6) is 0 Å². The van der Waals surface area contributed by atoms with Gasteiger partial charge in [0, 0.05) is 36.5 Å². The van der Waals surface area contributed by atoms with E-state index in [-0.39, 0.29) is 5.91 Å². The predicted octanol–water partition coefficient (Wildman–Crippen LogP) is 3.82. The zero-order chi connectivity index (χ0) is 20.5. The molecule has 0 aliphatic rings. The lowest BCUT2D eigenvalue weighted by Gasteiger charge is -2.09. The van der Waals surface area contributed by atoms with E-state index >= 15 is 0 Å². The van der Waals surface area contributed by atoms with Crippen LogP contribution in [0, 0.1) is 6.92 Å². The Bertz CT molecular complexity index is 1010. The van der Waals surface area contributed by atoms with Gasteiger partial charge in [0.15, 0.2) is 0 Å². The van der Waals surface area contributed by atoms with Crippen LogP contribution in [0.2, 0.25) is 5.02 Å². The van der Waals surface area contributed by atoms with Crippen molar-refractivity contribution in [2.24, 2.45) is 0 Å². The number of anilines is 3. The summed E-state index contributed by atoms with van der Waals surface area (Å²) in [6.45, 7) is 2.96. The van der Waals surface area contributed by atoms with E-state index in [0.29, 0.717) is 35.6 Å². The van der Waals surface area contributed by atoms with Gasteiger partial charge in [0.05, 0.1) is 0 Å². The normalized spacial score (nSPS) is 10.7. The quantitative estimate of drug-likeness (QED) is 0.387. The molecule has 2 heterocycles. The molecular formula is C21H21ClN6O. The molecule has 0 unspecified atom stereocenters. The lowest BCUT2D eigenvalue weighted by Crippen LogP contribution is -2.27. The highest BCUT2D eigenvalue weighted by atomic mass is 35.5. The molecule has 0 aliphatic carbocycles. The van der Waals surface area contributed by atoms with Gasteiger partial charge in [0.25, 0.3) is 0 Å². The van der Waals surface area contributed by atoms with E-state index in [1.165, 1.54) is 12.4 Å². The van der Waals surface area contributed by atoms with Gasteiger partial charge in [-0.15, -0.1) is 0 Å². The van der Waals surface area contributed by atoms with Crippen molar-refractivity contribution in [2.45, 2.75) is 6.92 Å². The second kappa shape index (κ2) is 10.2. The van der Waals surface area contributed by atoms with Crippen LogP contribution in [0.25, 0.3) is 6.08 Å². The molecule has 0 radical (unpaired) electrons. The van der Waals surface area contributed by atoms with Crippen LogP contribution >= 0.6 is 11.6 Å². The fourth-order valence-electron chi connectivity index (χ4n) is 2.47. The smallest absolute Gasteiger partial charge is 0.244 e. The summed E-state index contributed by atoms with van der Waals surface area (Å²) in [5.74, 6) is 1.80. The molecule has 7 nitrogen and oxygen atoms in total. The molecule has 0 fully saturated rings. The van der Waals surface area contributed by atoms with E-state index in [4.69, 9.17) is 11.6 Å². The van der Waals surface area contributed by atoms with Gasteiger partial charge in [-0.3, -0.25) is 4.79 Å². The first-order chi connectivity index (χ1) is 14.1. The first-order valence-corrected chi connectivity index (χ1v) is 9.44. The number of halogens is 1. The average Bonchev–Trinajstić information content (AvgIpc) is 2.71. The molecule has 29 heavy (non-hydrogen) atoms. The third kappa shape index (κ3) is 6.58. The van der Waals surface area contributed by atoms with Crippen molar-refractivity contribution in [1.82, 2.24) is 20.3 Å². The molecule has 3 aromatic rings. The van der Waals surface area contributed by atoms with Crippen molar-refractivity contribution in [2.75, 3.05) is 23.7 Å². The number of benzene rings is 1. The molecule has 8 heteroatoms. The number of pyridine rings is 1. The van der Waals surface area contributed by atoms with Gasteiger partial charge in [0.1, 0.15) is 23.8 Å². The lowest BCUT2D eigenvalue weighted by molar-refractivity contribution is -0.116. The zero-order valence-corrected chi connectivity index (χ0v) is 16.6. The number of rotatable bonds is 8. The van der Waals surface area contributed by atoms with Crippen LogP contribution in [-0.2, 0) is 4.79 Å². The summed E-state index contributed by atoms with van der Waals surface area (Å²) in [6, 6.07) is 13.0. The Morgan fingerprint density at radius 1 is 1.03 bits per heavy atom. The minimum absolute atomic E-state index is 0.192. The van der Waals surface area contributed by atoms with E-state index in [9.17, 15) is 4.79 Å². The van der Waals surface area contributed by atoms with Gasteiger partial charge in [-0.1, -0.05) is 29.8 Å². The maximum atomic E-state index is 11.9. The van der Waals surface area contributed by atoms with Crippen molar-refractivity contribution in [1.29, 1.82) is 0 Å². The third-order valence-electron chi connectivity index (χ3n) is 3.89. The highest BCUT2D eigenvalue weighted by Gasteiger charge is 2.02. The predicted molar refractivity (Wildman–Crippen MR) is 116 cm³/mol. The van der Waals surface area contributed by atoms with E-state index in [1.54, 1.807) is 24.4 Å². The van der Waals surface area contributed by atoms with E-state index in [0.717, 1.165) is 11.1 Å². The lowest BCUT2D eigenvalue weighted by atomic mass is 10.2. The fourth-order valence-corrected chi connectivity index (χ4v) is 2.67. The van der Waals surface area contributed by atoms with Crippen LogP contribution < -0.4 is 16.0 Å². The largest absolute Gasteiger partial charge is 0.368 e. The molecule has 148 valence electrons. The van der Waals surface area contributed by atoms with Crippen molar-refractivity contribution >= 4 is 41.0 Å². The van der Waals surface area contributed by atoms with Gasteiger partial charge in [-0.05, 0) is 42.3 Å². The summed E-state index contributed by atoms with van der Waals surface area (Å²) < 4.78 is 0. The van der Waals surface area contributed by atoms with Crippen molar-refractivity contribution < 1.29 is 4.79 Å². The number of carbonyl (C=O) groups is 1. The standard InChI is InChI=1S/C21H21ClN6O/c1-15-8-9-23-19(12-15)28-20-13-18(26-14-27-20)24-10-11-25-21(29)7-6-16-4-2-3-5-17(16)22/h2-9,12-14H,10-11H2,1H3,(H,25,29)(H2,23,24,26,27,28)/b7-6+. The molecule has 0 atom stereocenters. The number of carbonyl (C=O) groups excluding carboxylic acids is 1. The summed E-state index contributed by atoms with van der Waals surface area (Å²) in [5, 5.41) is 9.69. The summed E-state index contributed by atoms with van der Waals surface area (Å²) in [6.07, 6.45) is 6.35. The molecule has 1 amide bonds. The molecule has 0 aliphatic heterocycles. The van der Waals surface area contributed by atoms with Gasteiger partial charge >= 0.3 is 0 Å². The van der Waals surface area contributed by atoms with Gasteiger partial charge in [-0.2, -0.15) is 0 Å². The monoisotopic (exact) mass is 408 g/mol. The number of aryl methyl sites for hydroxylation is 1. The van der Waals surface area contributed by atoms with E-state index in [1.807, 2.05) is 37.3 Å². The zero-order valence-electron chi connectivity index (χ0n) is 15.9. The minimum Gasteiger partial charge on any atom is -0.368 e. The van der Waals surface area contributed by atoms with E-state index in [2.05, 4.69) is 30.9 Å². The molecule has 0 spiro atoms. The Morgan fingerprint density at radius 3 is 2.66 bits per heavy atom. The molecule has 2 aromatic heterocycles. The van der Waals surface area contributed by atoms with Crippen LogP contribution in [-0.4, -0.2) is 33.9 Å². The van der Waals surface area contributed by atoms with Gasteiger partial charge < -0.3 is 16.0 Å². The van der Waals surface area contributed by atoms with E-state index < -0.39 is 0 Å². The topological polar surface area (TPSA) is 91.8 Å². The average molecular weight is 409 g/mol. The molecule has 1 aromatic carbocycles. The van der Waals surface area contributed by atoms with Crippen LogP contribution in [0.3, 0.4) is 0 Å².